The van der Waals surface area contributed by atoms with Crippen LogP contribution in [0.5, 0.6) is 0 Å². The van der Waals surface area contributed by atoms with E-state index in [1.165, 1.54) is 22.7 Å². The van der Waals surface area contributed by atoms with Gasteiger partial charge < -0.3 is 30.9 Å². The van der Waals surface area contributed by atoms with E-state index in [1.807, 2.05) is 0 Å². The van der Waals surface area contributed by atoms with Crippen LogP contribution < -0.4 is 5.73 Å². The number of nitrogens with zero attached hydrogens (tertiary/aromatic N) is 4. The van der Waals surface area contributed by atoms with Crippen molar-refractivity contribution in [1.82, 2.24) is 19.5 Å². The van der Waals surface area contributed by atoms with Crippen molar-refractivity contribution in [3.8, 4) is 0 Å². The molecule has 11 heteroatoms. The number of aromatic nitrogens is 4. The Morgan fingerprint density at radius 2 is 1.96 bits per heavy atom. The Morgan fingerprint density at radius 3 is 2.67 bits per heavy atom. The van der Waals surface area contributed by atoms with Crippen LogP contribution in [0.4, 0.5) is 5.82 Å². The summed E-state index contributed by atoms with van der Waals surface area (Å²) in [7, 11) is 0. The highest BCUT2D eigenvalue weighted by molar-refractivity contribution is 7.99. The van der Waals surface area contributed by atoms with Crippen molar-refractivity contribution in [2.75, 3.05) is 12.3 Å². The highest BCUT2D eigenvalue weighted by Gasteiger charge is 2.44. The molecule has 1 aliphatic heterocycles. The molecule has 148 valence electrons. The molecule has 1 saturated carbocycles. The molecule has 1 saturated heterocycles. The van der Waals surface area contributed by atoms with Gasteiger partial charge in [-0.25, -0.2) is 15.0 Å². The van der Waals surface area contributed by atoms with Crippen LogP contribution in [0.25, 0.3) is 11.2 Å². The van der Waals surface area contributed by atoms with Gasteiger partial charge >= 0.3 is 0 Å². The molecule has 6 atom stereocenters. The first-order valence-electron chi connectivity index (χ1n) is 8.97. The van der Waals surface area contributed by atoms with Crippen LogP contribution in [0.1, 0.15) is 31.9 Å². The number of nitrogen functional groups attached to an aromatic ring is 1. The Kier molecular flexibility index (Phi) is 5.23. The molecule has 2 aromatic heterocycles. The van der Waals surface area contributed by atoms with Crippen molar-refractivity contribution >= 4 is 28.7 Å². The lowest BCUT2D eigenvalue weighted by atomic mass is 9.97. The summed E-state index contributed by atoms with van der Waals surface area (Å²) in [5.74, 6) is 0.193. The molecule has 2 aromatic rings. The zero-order valence-corrected chi connectivity index (χ0v) is 15.4. The molecule has 0 bridgehead atoms. The normalized spacial score (nSPS) is 34.4. The number of thioether (sulfide) groups is 1. The van der Waals surface area contributed by atoms with Crippen LogP contribution in [0.2, 0.25) is 0 Å². The zero-order chi connectivity index (χ0) is 19.1. The highest BCUT2D eigenvalue weighted by Crippen LogP contribution is 2.35. The lowest BCUT2D eigenvalue weighted by molar-refractivity contribution is -0.0511. The van der Waals surface area contributed by atoms with Gasteiger partial charge in [-0.2, -0.15) is 0 Å². The summed E-state index contributed by atoms with van der Waals surface area (Å²) < 4.78 is 7.04. The second-order valence-electron chi connectivity index (χ2n) is 6.95. The quantitative estimate of drug-likeness (QED) is 0.422. The Bertz CT molecular complexity index is 820. The smallest absolute Gasteiger partial charge is 0.192 e. The van der Waals surface area contributed by atoms with Gasteiger partial charge in [0.25, 0.3) is 0 Å². The van der Waals surface area contributed by atoms with Gasteiger partial charge in [-0.1, -0.05) is 24.6 Å². The average Bonchev–Trinajstić information content (AvgIpc) is 3.19. The lowest BCUT2D eigenvalue weighted by Crippen LogP contribution is -2.33. The van der Waals surface area contributed by atoms with E-state index >= 15 is 0 Å². The minimum absolute atomic E-state index is 0.000818. The van der Waals surface area contributed by atoms with Gasteiger partial charge in [-0.15, -0.1) is 0 Å². The second-order valence-corrected chi connectivity index (χ2v) is 8.16. The van der Waals surface area contributed by atoms with E-state index in [9.17, 15) is 20.4 Å². The van der Waals surface area contributed by atoms with Gasteiger partial charge in [-0.3, -0.25) is 4.57 Å². The third-order valence-electron chi connectivity index (χ3n) is 5.14. The van der Waals surface area contributed by atoms with Gasteiger partial charge in [-0.05, 0) is 12.8 Å². The van der Waals surface area contributed by atoms with Gasteiger partial charge in [0.1, 0.15) is 23.8 Å². The molecule has 0 radical (unpaired) electrons. The van der Waals surface area contributed by atoms with Crippen molar-refractivity contribution in [3.05, 3.63) is 6.33 Å². The topological polar surface area (TPSA) is 160 Å². The van der Waals surface area contributed by atoms with Crippen molar-refractivity contribution in [1.29, 1.82) is 0 Å². The number of hydrogen-bond donors (Lipinski definition) is 5. The van der Waals surface area contributed by atoms with E-state index in [2.05, 4.69) is 15.0 Å². The van der Waals surface area contributed by atoms with Gasteiger partial charge in [0.2, 0.25) is 0 Å². The number of aliphatic hydroxyl groups is 4. The van der Waals surface area contributed by atoms with Crippen molar-refractivity contribution in [2.24, 2.45) is 0 Å². The molecule has 0 aromatic carbocycles. The van der Waals surface area contributed by atoms with Crippen LogP contribution in [0.3, 0.4) is 0 Å². The lowest BCUT2D eigenvalue weighted by Gasteiger charge is -2.26. The van der Waals surface area contributed by atoms with E-state index in [4.69, 9.17) is 10.5 Å². The Balaban J connectivity index is 1.66. The number of anilines is 1. The maximum atomic E-state index is 10.3. The molecule has 27 heavy (non-hydrogen) atoms. The zero-order valence-electron chi connectivity index (χ0n) is 14.5. The average molecular weight is 397 g/mol. The van der Waals surface area contributed by atoms with Crippen LogP contribution in [-0.4, -0.2) is 76.2 Å². The summed E-state index contributed by atoms with van der Waals surface area (Å²) in [6.45, 7) is -0.418. The van der Waals surface area contributed by atoms with Crippen LogP contribution in [-0.2, 0) is 4.74 Å². The number of rotatable bonds is 4. The molecule has 2 aliphatic rings. The number of imidazole rings is 1. The predicted molar refractivity (Wildman–Crippen MR) is 96.9 cm³/mol. The van der Waals surface area contributed by atoms with Crippen LogP contribution >= 0.6 is 11.8 Å². The van der Waals surface area contributed by atoms with Crippen LogP contribution in [0, 0.1) is 0 Å². The first kappa shape index (κ1) is 18.8. The summed E-state index contributed by atoms with van der Waals surface area (Å²) in [4.78, 5) is 13.0. The Hall–Kier alpha value is -1.50. The number of hydrogen-bond acceptors (Lipinski definition) is 10. The summed E-state index contributed by atoms with van der Waals surface area (Å²) in [6.07, 6.45) is 0.398. The van der Waals surface area contributed by atoms with Gasteiger partial charge in [0.15, 0.2) is 22.8 Å². The molecule has 4 unspecified atom stereocenters. The fraction of sp³-hybridized carbons (Fsp3) is 0.688. The molecule has 0 spiro atoms. The van der Waals surface area contributed by atoms with E-state index in [1.54, 1.807) is 0 Å². The molecular weight excluding hydrogens is 374 g/mol. The summed E-state index contributed by atoms with van der Waals surface area (Å²) in [5.41, 5.74) is 6.76. The van der Waals surface area contributed by atoms with Gasteiger partial charge in [0, 0.05) is 5.25 Å². The first-order chi connectivity index (χ1) is 13.0. The van der Waals surface area contributed by atoms with E-state index < -0.39 is 37.3 Å². The predicted octanol–water partition coefficient (Wildman–Crippen LogP) is -0.584. The monoisotopic (exact) mass is 397 g/mol. The first-order valence-corrected chi connectivity index (χ1v) is 9.84. The molecule has 0 amide bonds. The molecule has 4 rings (SSSR count). The number of nitrogens with two attached hydrogens (primary N) is 1. The van der Waals surface area contributed by atoms with Gasteiger partial charge in [0.05, 0.1) is 19.0 Å². The summed E-state index contributed by atoms with van der Waals surface area (Å²) in [5, 5.41) is 40.2. The SMILES string of the molecule is Nc1nc(SC2CCCCC2O)nc2c1ncn2[C@@H]1O[C@H](CO)C(O)C1O. The highest BCUT2D eigenvalue weighted by atomic mass is 32.2. The molecule has 2 fully saturated rings. The van der Waals surface area contributed by atoms with Crippen molar-refractivity contribution in [3.63, 3.8) is 0 Å². The summed E-state index contributed by atoms with van der Waals surface area (Å²) in [6, 6.07) is 0. The standard InChI is InChI=1S/C16H23N5O5S/c17-13-10-14(20-16(19-13)27-9-4-2-1-3-7(9)23)21(6-18-10)15-12(25)11(24)8(5-22)26-15/h6-9,11-12,15,22-25H,1-5H2,(H2,17,19,20)/t7?,8-,9?,11?,12?,15-/m1/s1. The summed E-state index contributed by atoms with van der Waals surface area (Å²) >= 11 is 1.38. The van der Waals surface area contributed by atoms with E-state index in [-0.39, 0.29) is 11.1 Å². The van der Waals surface area contributed by atoms with E-state index in [0.29, 0.717) is 16.3 Å². The van der Waals surface area contributed by atoms with Crippen LogP contribution in [0.15, 0.2) is 11.5 Å². The molecule has 1 aliphatic carbocycles. The minimum atomic E-state index is -1.24. The second kappa shape index (κ2) is 7.49. The number of ether oxygens (including phenoxy) is 1. The van der Waals surface area contributed by atoms with Crippen molar-refractivity contribution in [2.45, 2.75) is 66.7 Å². The Morgan fingerprint density at radius 1 is 1.19 bits per heavy atom. The third-order valence-corrected chi connectivity index (χ3v) is 6.39. The fourth-order valence-electron chi connectivity index (χ4n) is 3.62. The third kappa shape index (κ3) is 3.39. The fourth-order valence-corrected chi connectivity index (χ4v) is 4.76. The molecule has 6 N–H and O–H groups in total. The molecular formula is C16H23N5O5S. The maximum absolute atomic E-state index is 10.3. The van der Waals surface area contributed by atoms with Crippen molar-refractivity contribution < 1.29 is 25.2 Å². The minimum Gasteiger partial charge on any atom is -0.394 e. The van der Waals surface area contributed by atoms with E-state index in [0.717, 1.165) is 25.7 Å². The number of fused-ring (bicyclic) bond motifs is 1. The molecule has 10 nitrogen and oxygen atoms in total. The molecule has 3 heterocycles. The Labute approximate surface area is 159 Å². The number of aliphatic hydroxyl groups excluding tert-OH is 4. The maximum Gasteiger partial charge on any atom is 0.192 e. The largest absolute Gasteiger partial charge is 0.394 e.